The third kappa shape index (κ3) is 3.16. The van der Waals surface area contributed by atoms with Crippen LogP contribution in [0, 0.1) is 25.2 Å². The Labute approximate surface area is 102 Å². The van der Waals surface area contributed by atoms with Gasteiger partial charge in [-0.15, -0.1) is 11.3 Å². The predicted octanol–water partition coefficient (Wildman–Crippen LogP) is 0.481. The van der Waals surface area contributed by atoms with Crippen molar-refractivity contribution in [3.05, 3.63) is 28.2 Å². The van der Waals surface area contributed by atoms with Crippen molar-refractivity contribution in [2.24, 2.45) is 0 Å². The molecular formula is C11H9N2O3S-. The van der Waals surface area contributed by atoms with Crippen molar-refractivity contribution in [1.82, 2.24) is 0 Å². The number of nitriles is 1. The normalized spacial score (nSPS) is 10.2. The van der Waals surface area contributed by atoms with E-state index in [-0.39, 0.29) is 0 Å². The topological polar surface area (TPSA) is 93.0 Å². The Morgan fingerprint density at radius 2 is 2.06 bits per heavy atom. The highest BCUT2D eigenvalue weighted by molar-refractivity contribution is 7.16. The Morgan fingerprint density at radius 1 is 1.41 bits per heavy atom. The highest BCUT2D eigenvalue weighted by Gasteiger charge is 2.13. The maximum Gasteiger partial charge on any atom is 0.249 e. The molecule has 0 radical (unpaired) electrons. The minimum Gasteiger partial charge on any atom is -0.545 e. The Bertz CT molecular complexity index is 538. The van der Waals surface area contributed by atoms with Crippen LogP contribution in [0.2, 0.25) is 0 Å². The van der Waals surface area contributed by atoms with Crippen LogP contribution in [-0.4, -0.2) is 11.9 Å². The van der Waals surface area contributed by atoms with Gasteiger partial charge < -0.3 is 15.2 Å². The number of nitrogens with zero attached hydrogens (tertiary/aromatic N) is 1. The van der Waals surface area contributed by atoms with E-state index in [1.54, 1.807) is 6.92 Å². The summed E-state index contributed by atoms with van der Waals surface area (Å²) >= 11 is 1.28. The van der Waals surface area contributed by atoms with E-state index in [1.165, 1.54) is 11.3 Å². The van der Waals surface area contributed by atoms with Gasteiger partial charge in [-0.2, -0.15) is 5.26 Å². The maximum atomic E-state index is 11.3. The molecule has 1 heterocycles. The fourth-order valence-corrected chi connectivity index (χ4v) is 2.16. The number of carboxylic acids is 1. The number of anilines is 1. The fourth-order valence-electron chi connectivity index (χ4n) is 1.15. The van der Waals surface area contributed by atoms with Crippen LogP contribution in [0.5, 0.6) is 0 Å². The number of thiophene rings is 1. The third-order valence-corrected chi connectivity index (χ3v) is 3.23. The highest BCUT2D eigenvalue weighted by Crippen LogP contribution is 2.31. The second kappa shape index (κ2) is 5.27. The third-order valence-electron chi connectivity index (χ3n) is 2.10. The fraction of sp³-hybridized carbons (Fsp3) is 0.182. The average molecular weight is 249 g/mol. The number of carboxylic acid groups (broad SMARTS) is 1. The Balaban J connectivity index is 2.90. The zero-order valence-electron chi connectivity index (χ0n) is 9.23. The van der Waals surface area contributed by atoms with Crippen LogP contribution in [0.25, 0.3) is 0 Å². The van der Waals surface area contributed by atoms with E-state index in [4.69, 9.17) is 5.26 Å². The summed E-state index contributed by atoms with van der Waals surface area (Å²) in [4.78, 5) is 22.4. The Kier molecular flexibility index (Phi) is 4.01. The Hall–Kier alpha value is -2.13. The molecule has 1 amide bonds. The largest absolute Gasteiger partial charge is 0.545 e. The Morgan fingerprint density at radius 3 is 2.59 bits per heavy atom. The molecule has 0 unspecified atom stereocenters. The summed E-state index contributed by atoms with van der Waals surface area (Å²) in [6, 6.07) is 2.00. The molecule has 0 aliphatic carbocycles. The summed E-state index contributed by atoms with van der Waals surface area (Å²) in [5.41, 5.74) is 1.22. The summed E-state index contributed by atoms with van der Waals surface area (Å²) in [7, 11) is 0. The summed E-state index contributed by atoms with van der Waals surface area (Å²) in [5, 5.41) is 21.9. The number of carbonyl (C=O) groups is 2. The van der Waals surface area contributed by atoms with Gasteiger partial charge in [-0.3, -0.25) is 4.79 Å². The highest BCUT2D eigenvalue weighted by atomic mass is 32.1. The van der Waals surface area contributed by atoms with Gasteiger partial charge in [0.25, 0.3) is 0 Å². The first-order valence-corrected chi connectivity index (χ1v) is 5.47. The molecule has 0 saturated heterocycles. The van der Waals surface area contributed by atoms with Gasteiger partial charge in [-0.05, 0) is 25.5 Å². The van der Waals surface area contributed by atoms with Crippen molar-refractivity contribution in [3.8, 4) is 6.07 Å². The molecule has 0 bridgehead atoms. The number of nitrogens with one attached hydrogen (secondary N) is 1. The molecule has 1 aromatic rings. The second-order valence-corrected chi connectivity index (χ2v) is 4.47. The number of hydrogen-bond acceptors (Lipinski definition) is 5. The zero-order chi connectivity index (χ0) is 13.0. The SMILES string of the molecule is Cc1sc(NC(=O)/C=C/C(=O)[O-])c(C#N)c1C. The van der Waals surface area contributed by atoms with Crippen LogP contribution in [0.4, 0.5) is 5.00 Å². The van der Waals surface area contributed by atoms with Gasteiger partial charge in [-0.1, -0.05) is 0 Å². The van der Waals surface area contributed by atoms with Gasteiger partial charge in [0, 0.05) is 11.0 Å². The van der Waals surface area contributed by atoms with E-state index in [2.05, 4.69) is 5.32 Å². The first-order valence-electron chi connectivity index (χ1n) is 4.65. The molecule has 0 aromatic carbocycles. The monoisotopic (exact) mass is 249 g/mol. The molecule has 0 spiro atoms. The summed E-state index contributed by atoms with van der Waals surface area (Å²) in [6.45, 7) is 3.63. The number of rotatable bonds is 3. The van der Waals surface area contributed by atoms with Gasteiger partial charge >= 0.3 is 0 Å². The van der Waals surface area contributed by atoms with E-state index in [9.17, 15) is 14.7 Å². The molecule has 1 N–H and O–H groups in total. The van der Waals surface area contributed by atoms with Crippen LogP contribution in [0.15, 0.2) is 12.2 Å². The van der Waals surface area contributed by atoms with Crippen molar-refractivity contribution in [2.75, 3.05) is 5.32 Å². The second-order valence-electron chi connectivity index (χ2n) is 3.24. The first-order chi connectivity index (χ1) is 7.95. The summed E-state index contributed by atoms with van der Waals surface area (Å²) in [5.74, 6) is -2.05. The van der Waals surface area contributed by atoms with E-state index >= 15 is 0 Å². The van der Waals surface area contributed by atoms with Gasteiger partial charge in [0.05, 0.1) is 11.5 Å². The van der Waals surface area contributed by atoms with Gasteiger partial charge in [-0.25, -0.2) is 0 Å². The molecule has 1 aromatic heterocycles. The van der Waals surface area contributed by atoms with Crippen LogP contribution in [0.1, 0.15) is 16.0 Å². The molecule has 0 atom stereocenters. The minimum atomic E-state index is -1.45. The quantitative estimate of drug-likeness (QED) is 0.788. The van der Waals surface area contributed by atoms with Gasteiger partial charge in [0.2, 0.25) is 5.91 Å². The smallest absolute Gasteiger partial charge is 0.249 e. The molecule has 5 nitrogen and oxygen atoms in total. The molecule has 17 heavy (non-hydrogen) atoms. The van der Waals surface area contributed by atoms with Crippen molar-refractivity contribution >= 4 is 28.2 Å². The lowest BCUT2D eigenvalue weighted by Crippen LogP contribution is -2.20. The van der Waals surface area contributed by atoms with Crippen LogP contribution < -0.4 is 10.4 Å². The molecule has 0 fully saturated rings. The minimum absolute atomic E-state index is 0.405. The number of carbonyl (C=O) groups excluding carboxylic acids is 2. The molecule has 0 aliphatic rings. The average Bonchev–Trinajstić information content (AvgIpc) is 2.51. The van der Waals surface area contributed by atoms with Crippen LogP contribution in [-0.2, 0) is 9.59 Å². The van der Waals surface area contributed by atoms with E-state index in [0.717, 1.165) is 16.5 Å². The first kappa shape index (κ1) is 12.9. The number of amides is 1. The molecule has 1 rings (SSSR count). The molecular weight excluding hydrogens is 240 g/mol. The molecule has 0 saturated carbocycles. The van der Waals surface area contributed by atoms with Crippen molar-refractivity contribution in [2.45, 2.75) is 13.8 Å². The molecule has 88 valence electrons. The van der Waals surface area contributed by atoms with Crippen molar-refractivity contribution in [3.63, 3.8) is 0 Å². The van der Waals surface area contributed by atoms with Crippen molar-refractivity contribution in [1.29, 1.82) is 5.26 Å². The number of aryl methyl sites for hydroxylation is 1. The number of hydrogen-bond donors (Lipinski definition) is 1. The lowest BCUT2D eigenvalue weighted by Gasteiger charge is -1.99. The lowest BCUT2D eigenvalue weighted by atomic mass is 10.2. The number of aliphatic carboxylic acids is 1. The molecule has 0 aliphatic heterocycles. The van der Waals surface area contributed by atoms with Gasteiger partial charge in [0.15, 0.2) is 0 Å². The van der Waals surface area contributed by atoms with Crippen LogP contribution >= 0.6 is 11.3 Å². The van der Waals surface area contributed by atoms with E-state index in [0.29, 0.717) is 16.6 Å². The standard InChI is InChI=1S/C11H10N2O3S/c1-6-7(2)17-11(8(6)5-12)13-9(14)3-4-10(15)16/h3-4H,1-2H3,(H,13,14)(H,15,16)/p-1/b4-3+. The maximum absolute atomic E-state index is 11.3. The zero-order valence-corrected chi connectivity index (χ0v) is 10.1. The van der Waals surface area contributed by atoms with Crippen molar-refractivity contribution < 1.29 is 14.7 Å². The predicted molar refractivity (Wildman–Crippen MR) is 61.3 cm³/mol. The molecule has 6 heteroatoms. The summed E-state index contributed by atoms with van der Waals surface area (Å²) < 4.78 is 0. The summed E-state index contributed by atoms with van der Waals surface area (Å²) in [6.07, 6.45) is 1.48. The lowest BCUT2D eigenvalue weighted by molar-refractivity contribution is -0.297. The van der Waals surface area contributed by atoms with E-state index in [1.807, 2.05) is 13.0 Å². The van der Waals surface area contributed by atoms with E-state index < -0.39 is 11.9 Å². The van der Waals surface area contributed by atoms with Gasteiger partial charge in [0.1, 0.15) is 11.1 Å². The van der Waals surface area contributed by atoms with Crippen LogP contribution in [0.3, 0.4) is 0 Å².